The summed E-state index contributed by atoms with van der Waals surface area (Å²) in [5.41, 5.74) is 2.88. The van der Waals surface area contributed by atoms with Gasteiger partial charge in [0.25, 0.3) is 0 Å². The lowest BCUT2D eigenvalue weighted by molar-refractivity contribution is 1.06. The summed E-state index contributed by atoms with van der Waals surface area (Å²) in [6, 6.07) is 10.1. The molecule has 3 rings (SSSR count). The second-order valence-electron chi connectivity index (χ2n) is 4.74. The van der Waals surface area contributed by atoms with Gasteiger partial charge in [0.1, 0.15) is 5.82 Å². The maximum Gasteiger partial charge on any atom is 0.161 e. The smallest absolute Gasteiger partial charge is 0.161 e. The third-order valence-electron chi connectivity index (χ3n) is 3.22. The molecule has 0 aliphatic rings. The van der Waals surface area contributed by atoms with Crippen LogP contribution in [0, 0.1) is 6.92 Å². The van der Waals surface area contributed by atoms with Gasteiger partial charge in [-0.05, 0) is 54.0 Å². The quantitative estimate of drug-likeness (QED) is 0.775. The van der Waals surface area contributed by atoms with Crippen LogP contribution in [0.15, 0.2) is 41.0 Å². The van der Waals surface area contributed by atoms with Gasteiger partial charge in [-0.2, -0.15) is 0 Å². The van der Waals surface area contributed by atoms with Gasteiger partial charge in [0.2, 0.25) is 0 Å². The van der Waals surface area contributed by atoms with E-state index in [1.807, 2.05) is 38.1 Å². The van der Waals surface area contributed by atoms with Gasteiger partial charge >= 0.3 is 0 Å². The van der Waals surface area contributed by atoms with E-state index in [9.17, 15) is 0 Å². The van der Waals surface area contributed by atoms with Crippen molar-refractivity contribution in [1.82, 2.24) is 15.0 Å². The summed E-state index contributed by atoms with van der Waals surface area (Å²) in [5.74, 6) is 1.55. The normalized spacial score (nSPS) is 10.8. The zero-order chi connectivity index (χ0) is 14.8. The van der Waals surface area contributed by atoms with E-state index in [0.29, 0.717) is 0 Å². The molecule has 0 saturated carbocycles. The highest BCUT2D eigenvalue weighted by molar-refractivity contribution is 9.10. The fourth-order valence-electron chi connectivity index (χ4n) is 2.19. The molecule has 4 nitrogen and oxygen atoms in total. The van der Waals surface area contributed by atoms with Crippen LogP contribution in [0.1, 0.15) is 12.6 Å². The van der Waals surface area contributed by atoms with Gasteiger partial charge in [0.15, 0.2) is 5.82 Å². The van der Waals surface area contributed by atoms with Gasteiger partial charge < -0.3 is 5.32 Å². The predicted molar refractivity (Wildman–Crippen MR) is 89.4 cm³/mol. The van der Waals surface area contributed by atoms with E-state index in [2.05, 4.69) is 42.3 Å². The number of pyridine rings is 1. The van der Waals surface area contributed by atoms with Crippen molar-refractivity contribution in [2.45, 2.75) is 13.8 Å². The molecule has 0 radical (unpaired) electrons. The molecule has 0 bridgehead atoms. The van der Waals surface area contributed by atoms with Crippen LogP contribution in [0.2, 0.25) is 0 Å². The molecule has 0 saturated heterocycles. The Bertz CT molecular complexity index is 801. The van der Waals surface area contributed by atoms with Gasteiger partial charge in [-0.3, -0.25) is 4.98 Å². The Kier molecular flexibility index (Phi) is 3.84. The Hall–Kier alpha value is -2.01. The zero-order valence-corrected chi connectivity index (χ0v) is 13.5. The molecule has 0 aliphatic carbocycles. The first-order valence-corrected chi connectivity index (χ1v) is 7.61. The largest absolute Gasteiger partial charge is 0.369 e. The van der Waals surface area contributed by atoms with Crippen molar-refractivity contribution >= 4 is 32.7 Å². The number of nitrogens with one attached hydrogen (secondary N) is 1. The fourth-order valence-corrected chi connectivity index (χ4v) is 2.51. The number of hydrogen-bond donors (Lipinski definition) is 1. The molecule has 0 atom stereocenters. The molecule has 0 unspecified atom stereocenters. The van der Waals surface area contributed by atoms with Crippen LogP contribution in [-0.2, 0) is 0 Å². The Morgan fingerprint density at radius 1 is 1.19 bits per heavy atom. The molecular weight excluding hydrogens is 328 g/mol. The van der Waals surface area contributed by atoms with Gasteiger partial charge in [-0.15, -0.1) is 0 Å². The lowest BCUT2D eigenvalue weighted by Gasteiger charge is -2.10. The minimum absolute atomic E-state index is 0.720. The monoisotopic (exact) mass is 342 g/mol. The fraction of sp³-hybridized carbons (Fsp3) is 0.188. The number of halogens is 1. The molecule has 1 N–H and O–H groups in total. The maximum atomic E-state index is 4.61. The summed E-state index contributed by atoms with van der Waals surface area (Å²) >= 11 is 3.53. The number of benzene rings is 1. The van der Waals surface area contributed by atoms with Crippen LogP contribution in [0.3, 0.4) is 0 Å². The van der Waals surface area contributed by atoms with E-state index < -0.39 is 0 Å². The Morgan fingerprint density at radius 2 is 2.05 bits per heavy atom. The van der Waals surface area contributed by atoms with E-state index in [-0.39, 0.29) is 0 Å². The Labute approximate surface area is 131 Å². The summed E-state index contributed by atoms with van der Waals surface area (Å²) in [6.45, 7) is 4.83. The highest BCUT2D eigenvalue weighted by Crippen LogP contribution is 2.27. The highest BCUT2D eigenvalue weighted by atomic mass is 79.9. The number of aromatic nitrogens is 3. The average molecular weight is 343 g/mol. The van der Waals surface area contributed by atoms with Gasteiger partial charge in [-0.1, -0.05) is 6.07 Å². The number of nitrogens with zero attached hydrogens (tertiary/aromatic N) is 3. The predicted octanol–water partition coefficient (Wildman–Crippen LogP) is 4.19. The lowest BCUT2D eigenvalue weighted by Crippen LogP contribution is -2.04. The molecule has 0 spiro atoms. The number of rotatable bonds is 3. The second kappa shape index (κ2) is 5.77. The molecule has 0 fully saturated rings. The summed E-state index contributed by atoms with van der Waals surface area (Å²) in [6.07, 6.45) is 1.80. The molecule has 3 aromatic rings. The van der Waals surface area contributed by atoms with Crippen molar-refractivity contribution in [2.24, 2.45) is 0 Å². The van der Waals surface area contributed by atoms with Gasteiger partial charge in [0.05, 0.1) is 15.7 Å². The number of aryl methyl sites for hydroxylation is 1. The van der Waals surface area contributed by atoms with Crippen LogP contribution in [-0.4, -0.2) is 21.5 Å². The molecule has 2 heterocycles. The summed E-state index contributed by atoms with van der Waals surface area (Å²) < 4.78 is 0.913. The van der Waals surface area contributed by atoms with E-state index in [1.165, 1.54) is 0 Å². The van der Waals surface area contributed by atoms with Crippen molar-refractivity contribution in [3.05, 3.63) is 46.7 Å². The summed E-state index contributed by atoms with van der Waals surface area (Å²) in [5, 5.41) is 4.34. The average Bonchev–Trinajstić information content (AvgIpc) is 2.51. The Morgan fingerprint density at radius 3 is 2.86 bits per heavy atom. The van der Waals surface area contributed by atoms with Crippen molar-refractivity contribution < 1.29 is 0 Å². The van der Waals surface area contributed by atoms with E-state index in [0.717, 1.165) is 44.8 Å². The van der Waals surface area contributed by atoms with E-state index in [1.54, 1.807) is 6.20 Å². The third kappa shape index (κ3) is 2.74. The summed E-state index contributed by atoms with van der Waals surface area (Å²) in [7, 11) is 0. The minimum atomic E-state index is 0.720. The molecule has 0 aliphatic heterocycles. The first-order valence-electron chi connectivity index (χ1n) is 6.82. The second-order valence-corrected chi connectivity index (χ2v) is 5.53. The minimum Gasteiger partial charge on any atom is -0.369 e. The van der Waals surface area contributed by atoms with Crippen molar-refractivity contribution in [3.8, 4) is 11.4 Å². The van der Waals surface area contributed by atoms with Crippen molar-refractivity contribution in [2.75, 3.05) is 11.9 Å². The van der Waals surface area contributed by atoms with Crippen LogP contribution in [0.4, 0.5) is 5.82 Å². The topological polar surface area (TPSA) is 50.7 Å². The number of hydrogen-bond acceptors (Lipinski definition) is 4. The van der Waals surface area contributed by atoms with Crippen LogP contribution in [0.5, 0.6) is 0 Å². The van der Waals surface area contributed by atoms with Crippen LogP contribution >= 0.6 is 15.9 Å². The zero-order valence-electron chi connectivity index (χ0n) is 11.9. The van der Waals surface area contributed by atoms with E-state index >= 15 is 0 Å². The van der Waals surface area contributed by atoms with Crippen LogP contribution in [0.25, 0.3) is 22.3 Å². The number of anilines is 1. The van der Waals surface area contributed by atoms with E-state index in [4.69, 9.17) is 0 Å². The number of fused-ring (bicyclic) bond motifs is 1. The van der Waals surface area contributed by atoms with Crippen molar-refractivity contribution in [1.29, 1.82) is 0 Å². The highest BCUT2D eigenvalue weighted by Gasteiger charge is 2.10. The third-order valence-corrected chi connectivity index (χ3v) is 4.17. The lowest BCUT2D eigenvalue weighted by atomic mass is 10.1. The van der Waals surface area contributed by atoms with Crippen LogP contribution < -0.4 is 5.32 Å². The summed E-state index contributed by atoms with van der Waals surface area (Å²) in [4.78, 5) is 13.5. The molecule has 106 valence electrons. The first-order chi connectivity index (χ1) is 10.2. The molecular formula is C16H15BrN4. The van der Waals surface area contributed by atoms with Gasteiger partial charge in [0, 0.05) is 23.7 Å². The molecule has 0 amide bonds. The SMILES string of the molecule is CCNc1nc(-c2ccc3ncccc3c2)nc(C)c1Br. The molecule has 21 heavy (non-hydrogen) atoms. The molecule has 1 aromatic carbocycles. The maximum absolute atomic E-state index is 4.61. The van der Waals surface area contributed by atoms with Gasteiger partial charge in [-0.25, -0.2) is 9.97 Å². The Balaban J connectivity index is 2.13. The van der Waals surface area contributed by atoms with Crippen molar-refractivity contribution in [3.63, 3.8) is 0 Å². The first kappa shape index (κ1) is 13.9. The standard InChI is InChI=1S/C16H15BrN4/c1-3-18-16-14(17)10(2)20-15(21-16)12-6-7-13-11(9-12)5-4-8-19-13/h4-9H,3H2,1-2H3,(H,18,20,21). The molecule has 5 heteroatoms. The molecule has 2 aromatic heterocycles.